The van der Waals surface area contributed by atoms with Crippen LogP contribution < -0.4 is 0 Å². The molecule has 2 nitrogen and oxygen atoms in total. The van der Waals surface area contributed by atoms with Crippen molar-refractivity contribution < 1.29 is 8.42 Å². The molecule has 0 heterocycles. The fourth-order valence-electron chi connectivity index (χ4n) is 0. The molecule has 0 saturated carbocycles. The van der Waals surface area contributed by atoms with Crippen LogP contribution in [0.2, 0.25) is 0 Å². The Labute approximate surface area is 42.1 Å². The van der Waals surface area contributed by atoms with Crippen LogP contribution in [-0.4, -0.2) is 14.3 Å². The average Bonchev–Trinajstić information content (AvgIpc) is 0.811. The third-order valence-corrected chi connectivity index (χ3v) is 0. The third kappa shape index (κ3) is 679. The van der Waals surface area contributed by atoms with Crippen molar-refractivity contribution in [3.8, 4) is 0 Å². The largest absolute Gasteiger partial charge is 0.206 e. The normalized spacial score (nSPS) is 4.80. The monoisotopic (exact) mass is 158 g/mol. The zero-order chi connectivity index (χ0) is 3.58. The number of halogens is 1. The zero-order valence-electron chi connectivity index (χ0n) is 2.34. The van der Waals surface area contributed by atoms with Crippen molar-refractivity contribution in [3.63, 3.8) is 0 Å². The van der Waals surface area contributed by atoms with Crippen molar-refractivity contribution in [1.29, 1.82) is 0 Å². The van der Waals surface area contributed by atoms with E-state index < -0.39 is 10.3 Å². The van der Waals surface area contributed by atoms with Gasteiger partial charge in [-0.1, -0.05) is 0 Å². The first kappa shape index (κ1) is 8.95. The summed E-state index contributed by atoms with van der Waals surface area (Å²) in [6.07, 6.45) is 0. The van der Waals surface area contributed by atoms with Gasteiger partial charge in [0.2, 0.25) is 10.3 Å². The van der Waals surface area contributed by atoms with E-state index in [2.05, 4.69) is 5.87 Å². The molecule has 0 spiro atoms. The Morgan fingerprint density at radius 2 is 1.40 bits per heavy atom. The molecule has 5 heavy (non-hydrogen) atoms. The molecule has 0 radical (unpaired) electrons. The van der Waals surface area contributed by atoms with Crippen molar-refractivity contribution in [1.82, 2.24) is 0 Å². The minimum Gasteiger partial charge on any atom is -0.185 e. The summed E-state index contributed by atoms with van der Waals surface area (Å²) in [5.41, 5.74) is 0. The van der Waals surface area contributed by atoms with Gasteiger partial charge in [-0.3, -0.25) is 0 Å². The van der Waals surface area contributed by atoms with E-state index in [0.717, 1.165) is 0 Å². The Morgan fingerprint density at radius 1 is 1.40 bits per heavy atom. The van der Waals surface area contributed by atoms with Gasteiger partial charge in [0, 0.05) is 5.87 Å². The summed E-state index contributed by atoms with van der Waals surface area (Å²) < 4.78 is 17.8. The summed E-state index contributed by atoms with van der Waals surface area (Å²) in [7, 11) is -2.11. The summed E-state index contributed by atoms with van der Waals surface area (Å²) in [6.45, 7) is 0. The maximum Gasteiger partial charge on any atom is 0.206 e. The van der Waals surface area contributed by atoms with Crippen LogP contribution >= 0.6 is 17.0 Å². The van der Waals surface area contributed by atoms with Crippen molar-refractivity contribution in [3.05, 3.63) is 0 Å². The van der Waals surface area contributed by atoms with E-state index in [1.165, 1.54) is 0 Å². The predicted octanol–water partition coefficient (Wildman–Crippen LogP) is -0.125. The highest BCUT2D eigenvalue weighted by Crippen LogP contribution is 1.08. The average molecular weight is 159 g/mol. The lowest BCUT2D eigenvalue weighted by atomic mass is 12.0. The quantitative estimate of drug-likeness (QED) is 0.461. The lowest BCUT2D eigenvalue weighted by Gasteiger charge is -1.19. The molecule has 0 unspecified atom stereocenters. The van der Waals surface area contributed by atoms with Gasteiger partial charge in [0.15, 0.2) is 0 Å². The molecule has 0 rings (SSSR count). The SMILES string of the molecule is Br.C=S(=O)=O. The van der Waals surface area contributed by atoms with Crippen LogP contribution in [0, 0.1) is 0 Å². The third-order valence-electron chi connectivity index (χ3n) is 0. The molecule has 0 amide bonds. The van der Waals surface area contributed by atoms with Crippen molar-refractivity contribution in [2.45, 2.75) is 0 Å². The second kappa shape index (κ2) is 4.17. The molecule has 0 aromatic heterocycles. The Morgan fingerprint density at radius 3 is 1.40 bits per heavy atom. The molecule has 0 aliphatic carbocycles. The molecule has 0 bridgehead atoms. The lowest BCUT2D eigenvalue weighted by molar-refractivity contribution is 0.627. The molecule has 0 N–H and O–H groups in total. The smallest absolute Gasteiger partial charge is 0.185 e. The molecule has 4 heteroatoms. The first-order valence-corrected chi connectivity index (χ1v) is 1.87. The summed E-state index contributed by atoms with van der Waals surface area (Å²) in [4.78, 5) is 0. The molecule has 0 aliphatic heterocycles. The first-order chi connectivity index (χ1) is 1.73. The topological polar surface area (TPSA) is 34.1 Å². The van der Waals surface area contributed by atoms with E-state index in [0.29, 0.717) is 0 Å². The van der Waals surface area contributed by atoms with E-state index in [4.69, 9.17) is 8.42 Å². The maximum absolute atomic E-state index is 8.89. The van der Waals surface area contributed by atoms with Gasteiger partial charge < -0.3 is 0 Å². The Bertz CT molecular complexity index is 79.0. The minimum absolute atomic E-state index is 0. The Balaban J connectivity index is 0. The first-order valence-electron chi connectivity index (χ1n) is 0.622. The summed E-state index contributed by atoms with van der Waals surface area (Å²) in [5, 5.41) is 0. The maximum atomic E-state index is 8.89. The summed E-state index contributed by atoms with van der Waals surface area (Å²) >= 11 is 0. The second-order valence-corrected chi connectivity index (χ2v) is 0.911. The molecule has 0 aromatic rings. The Kier molecular flexibility index (Phi) is 7.46. The molecule has 0 saturated heterocycles. The lowest BCUT2D eigenvalue weighted by Crippen LogP contribution is -1.39. The molecule has 0 aromatic carbocycles. The molecule has 0 atom stereocenters. The van der Waals surface area contributed by atoms with E-state index >= 15 is 0 Å². The van der Waals surface area contributed by atoms with Crippen molar-refractivity contribution >= 4 is 33.1 Å². The highest BCUT2D eigenvalue weighted by molar-refractivity contribution is 8.93. The van der Waals surface area contributed by atoms with Crippen LogP contribution in [-0.2, 0) is 10.3 Å². The fraction of sp³-hybridized carbons (Fsp3) is 0. The van der Waals surface area contributed by atoms with Gasteiger partial charge in [-0.15, -0.1) is 17.0 Å². The van der Waals surface area contributed by atoms with E-state index in [1.807, 2.05) is 0 Å². The minimum atomic E-state index is -2.11. The summed E-state index contributed by atoms with van der Waals surface area (Å²) in [6, 6.07) is 0. The standard InChI is InChI=1S/CH2O2S.BrH/c1-4(2)3;/h1H2;1H. The molecular formula is CH3BrO2S. The number of hydrogen-bond donors (Lipinski definition) is 0. The van der Waals surface area contributed by atoms with Crippen molar-refractivity contribution in [2.24, 2.45) is 0 Å². The second-order valence-electron chi connectivity index (χ2n) is 0.304. The predicted molar refractivity (Wildman–Crippen MR) is 26.4 cm³/mol. The van der Waals surface area contributed by atoms with Gasteiger partial charge in [0.05, 0.1) is 0 Å². The van der Waals surface area contributed by atoms with Crippen molar-refractivity contribution in [2.75, 3.05) is 0 Å². The zero-order valence-corrected chi connectivity index (χ0v) is 4.87. The van der Waals surface area contributed by atoms with Gasteiger partial charge in [-0.05, 0) is 0 Å². The highest BCUT2D eigenvalue weighted by Gasteiger charge is 1.28. The molecular weight excluding hydrogens is 156 g/mol. The summed E-state index contributed by atoms with van der Waals surface area (Å²) in [5.74, 6) is 2.56. The van der Waals surface area contributed by atoms with Gasteiger partial charge in [0.25, 0.3) is 0 Å². The van der Waals surface area contributed by atoms with Crippen LogP contribution in [0.4, 0.5) is 0 Å². The number of rotatable bonds is 0. The molecule has 0 fully saturated rings. The molecule has 0 aliphatic rings. The van der Waals surface area contributed by atoms with Gasteiger partial charge in [-0.2, -0.15) is 8.42 Å². The van der Waals surface area contributed by atoms with Crippen LogP contribution in [0.25, 0.3) is 0 Å². The van der Waals surface area contributed by atoms with Crippen LogP contribution in [0.15, 0.2) is 0 Å². The van der Waals surface area contributed by atoms with E-state index in [-0.39, 0.29) is 17.0 Å². The van der Waals surface area contributed by atoms with Gasteiger partial charge >= 0.3 is 0 Å². The fourth-order valence-corrected chi connectivity index (χ4v) is 0. The van der Waals surface area contributed by atoms with Gasteiger partial charge in [-0.25, -0.2) is 0 Å². The van der Waals surface area contributed by atoms with E-state index in [1.54, 1.807) is 0 Å². The van der Waals surface area contributed by atoms with Crippen LogP contribution in [0.3, 0.4) is 0 Å². The van der Waals surface area contributed by atoms with Crippen LogP contribution in [0.5, 0.6) is 0 Å². The van der Waals surface area contributed by atoms with E-state index in [9.17, 15) is 0 Å². The van der Waals surface area contributed by atoms with Crippen LogP contribution in [0.1, 0.15) is 0 Å². The Hall–Kier alpha value is 0.170. The number of hydrogen-bond acceptors (Lipinski definition) is 2. The highest BCUT2D eigenvalue weighted by atomic mass is 79.9. The van der Waals surface area contributed by atoms with Gasteiger partial charge in [0.1, 0.15) is 0 Å². The molecule has 32 valence electrons.